The van der Waals surface area contributed by atoms with Crippen molar-refractivity contribution in [2.75, 3.05) is 0 Å². The number of aromatic nitrogens is 1. The molecular formula is C18H20F7N3. The molecule has 2 aromatic rings. The quantitative estimate of drug-likeness (QED) is 0.271. The molecule has 156 valence electrons. The van der Waals surface area contributed by atoms with Crippen LogP contribution < -0.4 is 5.43 Å². The van der Waals surface area contributed by atoms with Crippen LogP contribution in [0.2, 0.25) is 0 Å². The van der Waals surface area contributed by atoms with Gasteiger partial charge in [-0.15, -0.1) is 0 Å². The van der Waals surface area contributed by atoms with Crippen molar-refractivity contribution in [3.63, 3.8) is 0 Å². The SMILES string of the molecule is CC[C@@H](C)n1c(C)c(/C=N/NC(F)(F)C(F)(F)C(F)(F)F)c2cccc(C)c21. The zero-order valence-electron chi connectivity index (χ0n) is 15.6. The molecule has 10 heteroatoms. The lowest BCUT2D eigenvalue weighted by Crippen LogP contribution is -2.58. The van der Waals surface area contributed by atoms with Gasteiger partial charge in [0.25, 0.3) is 0 Å². The third-order valence-corrected chi connectivity index (χ3v) is 4.70. The molecule has 3 nitrogen and oxygen atoms in total. The fraction of sp³-hybridized carbons (Fsp3) is 0.500. The zero-order valence-corrected chi connectivity index (χ0v) is 15.6. The van der Waals surface area contributed by atoms with Crippen LogP contribution in [0, 0.1) is 13.8 Å². The van der Waals surface area contributed by atoms with Gasteiger partial charge in [0.2, 0.25) is 0 Å². The third-order valence-electron chi connectivity index (χ3n) is 4.70. The highest BCUT2D eigenvalue weighted by molar-refractivity contribution is 6.02. The van der Waals surface area contributed by atoms with Gasteiger partial charge < -0.3 is 4.57 Å². The third kappa shape index (κ3) is 3.56. The summed E-state index contributed by atoms with van der Waals surface area (Å²) in [5.74, 6) is -6.27. The lowest BCUT2D eigenvalue weighted by Gasteiger charge is -2.27. The molecular weight excluding hydrogens is 391 g/mol. The molecule has 1 atom stereocenters. The number of halogens is 7. The van der Waals surface area contributed by atoms with Crippen molar-refractivity contribution >= 4 is 17.1 Å². The first-order valence-electron chi connectivity index (χ1n) is 8.49. The van der Waals surface area contributed by atoms with Crippen molar-refractivity contribution in [3.8, 4) is 0 Å². The number of hydrogen-bond acceptors (Lipinski definition) is 2. The topological polar surface area (TPSA) is 29.3 Å². The molecule has 0 fully saturated rings. The Morgan fingerprint density at radius 2 is 1.71 bits per heavy atom. The van der Waals surface area contributed by atoms with Crippen LogP contribution in [0.5, 0.6) is 0 Å². The lowest BCUT2D eigenvalue weighted by molar-refractivity contribution is -0.361. The van der Waals surface area contributed by atoms with Gasteiger partial charge >= 0.3 is 18.1 Å². The van der Waals surface area contributed by atoms with E-state index in [4.69, 9.17) is 0 Å². The Morgan fingerprint density at radius 3 is 2.25 bits per heavy atom. The number of fused-ring (bicyclic) bond motifs is 1. The highest BCUT2D eigenvalue weighted by atomic mass is 19.4. The maximum atomic E-state index is 13.4. The van der Waals surface area contributed by atoms with Gasteiger partial charge in [-0.3, -0.25) is 0 Å². The standard InChI is InChI=1S/C18H20F7N3/c1-5-11(3)28-12(4)14(13-8-6-7-10(2)15(13)28)9-26-27-18(24,25)16(19,20)17(21,22)23/h6-9,11,27H,5H2,1-4H3/b26-9+/t11-/m1/s1. The van der Waals surface area contributed by atoms with E-state index in [0.717, 1.165) is 23.7 Å². The minimum Gasteiger partial charge on any atom is -0.341 e. The van der Waals surface area contributed by atoms with Gasteiger partial charge in [0.15, 0.2) is 0 Å². The lowest BCUT2D eigenvalue weighted by atomic mass is 10.1. The van der Waals surface area contributed by atoms with Crippen molar-refractivity contribution < 1.29 is 30.7 Å². The Morgan fingerprint density at radius 1 is 1.11 bits per heavy atom. The van der Waals surface area contributed by atoms with E-state index in [0.29, 0.717) is 22.1 Å². The minimum absolute atomic E-state index is 0.0507. The molecule has 0 bridgehead atoms. The number of hydrogen-bond donors (Lipinski definition) is 1. The van der Waals surface area contributed by atoms with E-state index in [1.54, 1.807) is 19.1 Å². The van der Waals surface area contributed by atoms with Crippen LogP contribution in [0.1, 0.15) is 43.1 Å². The van der Waals surface area contributed by atoms with Gasteiger partial charge in [0.1, 0.15) is 0 Å². The summed E-state index contributed by atoms with van der Waals surface area (Å²) in [5.41, 5.74) is 3.39. The second kappa shape index (κ2) is 7.29. The first-order chi connectivity index (χ1) is 12.8. The summed E-state index contributed by atoms with van der Waals surface area (Å²) in [4.78, 5) is 0. The van der Waals surface area contributed by atoms with Crippen molar-refractivity contribution in [2.24, 2.45) is 5.10 Å². The highest BCUT2D eigenvalue weighted by Gasteiger charge is 2.73. The molecule has 0 radical (unpaired) electrons. The van der Waals surface area contributed by atoms with E-state index in [1.165, 1.54) is 0 Å². The number of alkyl halides is 7. The van der Waals surface area contributed by atoms with E-state index >= 15 is 0 Å². The maximum Gasteiger partial charge on any atom is 0.462 e. The largest absolute Gasteiger partial charge is 0.462 e. The molecule has 0 aliphatic rings. The number of benzene rings is 1. The van der Waals surface area contributed by atoms with Crippen LogP contribution in [0.3, 0.4) is 0 Å². The summed E-state index contributed by atoms with van der Waals surface area (Å²) in [6, 6.07) is -0.249. The zero-order chi connectivity index (χ0) is 21.5. The number of rotatable bonds is 6. The molecule has 28 heavy (non-hydrogen) atoms. The highest BCUT2D eigenvalue weighted by Crippen LogP contribution is 2.45. The average molecular weight is 411 g/mol. The van der Waals surface area contributed by atoms with Gasteiger partial charge in [-0.1, -0.05) is 25.1 Å². The molecule has 1 N–H and O–H groups in total. The van der Waals surface area contributed by atoms with Crippen LogP contribution >= 0.6 is 0 Å². The number of hydrazone groups is 1. The Balaban J connectivity index is 2.48. The normalized spacial score (nSPS) is 14.8. The number of nitrogens with one attached hydrogen (secondary N) is 1. The van der Waals surface area contributed by atoms with Crippen LogP contribution in [-0.4, -0.2) is 28.9 Å². The number of nitrogens with zero attached hydrogens (tertiary/aromatic N) is 2. The summed E-state index contributed by atoms with van der Waals surface area (Å²) in [6.45, 7) is 7.48. The van der Waals surface area contributed by atoms with E-state index < -0.39 is 18.1 Å². The predicted molar refractivity (Wildman–Crippen MR) is 93.1 cm³/mol. The van der Waals surface area contributed by atoms with E-state index in [9.17, 15) is 30.7 Å². The predicted octanol–water partition coefficient (Wildman–Crippen LogP) is 5.94. The van der Waals surface area contributed by atoms with E-state index in [2.05, 4.69) is 5.10 Å². The summed E-state index contributed by atoms with van der Waals surface area (Å²) in [7, 11) is 0. The molecule has 0 saturated heterocycles. The van der Waals surface area contributed by atoms with Crippen molar-refractivity contribution in [1.82, 2.24) is 9.99 Å². The average Bonchev–Trinajstić information content (AvgIpc) is 2.86. The second-order valence-electron chi connectivity index (χ2n) is 6.61. The molecule has 1 heterocycles. The molecule has 1 aromatic heterocycles. The van der Waals surface area contributed by atoms with Gasteiger partial charge in [-0.05, 0) is 32.8 Å². The Hall–Kier alpha value is -2.26. The van der Waals surface area contributed by atoms with E-state index in [1.807, 2.05) is 31.4 Å². The van der Waals surface area contributed by atoms with Gasteiger partial charge in [-0.2, -0.15) is 35.8 Å². The molecule has 0 spiro atoms. The van der Waals surface area contributed by atoms with Crippen molar-refractivity contribution in [2.45, 2.75) is 58.3 Å². The molecule has 0 amide bonds. The van der Waals surface area contributed by atoms with Gasteiger partial charge in [0, 0.05) is 22.7 Å². The summed E-state index contributed by atoms with van der Waals surface area (Å²) < 4.78 is 91.2. The van der Waals surface area contributed by atoms with E-state index in [-0.39, 0.29) is 6.04 Å². The van der Waals surface area contributed by atoms with Crippen LogP contribution in [0.15, 0.2) is 23.3 Å². The summed E-state index contributed by atoms with van der Waals surface area (Å²) >= 11 is 0. The van der Waals surface area contributed by atoms with Crippen molar-refractivity contribution in [3.05, 3.63) is 35.0 Å². The molecule has 2 rings (SSSR count). The Labute approximate surface area is 157 Å². The monoisotopic (exact) mass is 411 g/mol. The van der Waals surface area contributed by atoms with Crippen LogP contribution in [-0.2, 0) is 0 Å². The number of para-hydroxylation sites is 1. The van der Waals surface area contributed by atoms with Crippen LogP contribution in [0.4, 0.5) is 30.7 Å². The molecule has 0 aliphatic heterocycles. The van der Waals surface area contributed by atoms with Crippen molar-refractivity contribution in [1.29, 1.82) is 0 Å². The fourth-order valence-electron chi connectivity index (χ4n) is 3.01. The fourth-order valence-corrected chi connectivity index (χ4v) is 3.01. The molecule has 0 unspecified atom stereocenters. The molecule has 0 saturated carbocycles. The summed E-state index contributed by atoms with van der Waals surface area (Å²) in [5, 5.41) is 3.65. The minimum atomic E-state index is -6.42. The Kier molecular flexibility index (Phi) is 5.73. The smallest absolute Gasteiger partial charge is 0.341 e. The molecule has 1 aromatic carbocycles. The van der Waals surface area contributed by atoms with Crippen LogP contribution in [0.25, 0.3) is 10.9 Å². The number of aryl methyl sites for hydroxylation is 1. The first-order valence-corrected chi connectivity index (χ1v) is 8.49. The maximum absolute atomic E-state index is 13.4. The molecule has 0 aliphatic carbocycles. The summed E-state index contributed by atoms with van der Waals surface area (Å²) in [6.07, 6.45) is -4.81. The Bertz CT molecular complexity index is 881. The van der Waals surface area contributed by atoms with Gasteiger partial charge in [0.05, 0.1) is 11.7 Å². The second-order valence-corrected chi connectivity index (χ2v) is 6.61. The van der Waals surface area contributed by atoms with Gasteiger partial charge in [-0.25, -0.2) is 5.43 Å². The first kappa shape index (κ1) is 22.0.